The lowest BCUT2D eigenvalue weighted by molar-refractivity contribution is -0.164. The first-order chi connectivity index (χ1) is 8.31. The summed E-state index contributed by atoms with van der Waals surface area (Å²) in [6.07, 6.45) is 0.165. The molecule has 1 aliphatic heterocycles. The summed E-state index contributed by atoms with van der Waals surface area (Å²) in [6.45, 7) is 3.09. The maximum Gasteiger partial charge on any atom is 0.329 e. The number of imide groups is 1. The van der Waals surface area contributed by atoms with Gasteiger partial charge in [-0.15, -0.1) is 0 Å². The molecule has 0 aliphatic carbocycles. The van der Waals surface area contributed by atoms with E-state index in [1.165, 1.54) is 0 Å². The molecule has 3 amide bonds. The molecule has 0 aromatic rings. The standard InChI is InChI=1S/C10H17N3O5/c1-10(18-4-8(15)16)5-13(6-10)3-2-7(14)12-9(11)17/h2-6H2,1H3,(H,15,16)(H3,11,12,14,17). The van der Waals surface area contributed by atoms with E-state index in [-0.39, 0.29) is 13.0 Å². The molecule has 1 saturated heterocycles. The first kappa shape index (κ1) is 14.4. The van der Waals surface area contributed by atoms with Gasteiger partial charge in [0.25, 0.3) is 0 Å². The number of nitrogens with zero attached hydrogens (tertiary/aromatic N) is 1. The number of aliphatic carboxylic acids is 1. The molecule has 0 radical (unpaired) electrons. The van der Waals surface area contributed by atoms with Crippen LogP contribution >= 0.6 is 0 Å². The van der Waals surface area contributed by atoms with Gasteiger partial charge in [0, 0.05) is 26.1 Å². The summed E-state index contributed by atoms with van der Waals surface area (Å²) in [4.78, 5) is 33.8. The molecule has 0 spiro atoms. The zero-order valence-electron chi connectivity index (χ0n) is 10.1. The highest BCUT2D eigenvalue weighted by Crippen LogP contribution is 2.24. The van der Waals surface area contributed by atoms with Crippen LogP contribution in [0.3, 0.4) is 0 Å². The molecule has 8 nitrogen and oxygen atoms in total. The van der Waals surface area contributed by atoms with Gasteiger partial charge >= 0.3 is 12.0 Å². The smallest absolute Gasteiger partial charge is 0.329 e. The number of likely N-dealkylation sites (tertiary alicyclic amines) is 1. The van der Waals surface area contributed by atoms with Crippen LogP contribution in [0, 0.1) is 0 Å². The monoisotopic (exact) mass is 259 g/mol. The van der Waals surface area contributed by atoms with Gasteiger partial charge in [-0.2, -0.15) is 0 Å². The van der Waals surface area contributed by atoms with Crippen molar-refractivity contribution in [3.8, 4) is 0 Å². The molecule has 1 rings (SSSR count). The van der Waals surface area contributed by atoms with E-state index in [1.54, 1.807) is 0 Å². The maximum absolute atomic E-state index is 11.1. The van der Waals surface area contributed by atoms with E-state index in [0.29, 0.717) is 19.6 Å². The Labute approximate surface area is 104 Å². The van der Waals surface area contributed by atoms with E-state index in [1.807, 2.05) is 17.1 Å². The van der Waals surface area contributed by atoms with Crippen molar-refractivity contribution < 1.29 is 24.2 Å². The Kier molecular flexibility index (Phi) is 4.62. The topological polar surface area (TPSA) is 122 Å². The molecule has 102 valence electrons. The van der Waals surface area contributed by atoms with Crippen LogP contribution in [0.1, 0.15) is 13.3 Å². The number of hydrogen-bond acceptors (Lipinski definition) is 5. The summed E-state index contributed by atoms with van der Waals surface area (Å²) in [5.74, 6) is -1.43. The Morgan fingerprint density at radius 2 is 2.06 bits per heavy atom. The second-order valence-electron chi connectivity index (χ2n) is 4.51. The van der Waals surface area contributed by atoms with Crippen molar-refractivity contribution >= 4 is 17.9 Å². The quantitative estimate of drug-likeness (QED) is 0.547. The average molecular weight is 259 g/mol. The molecule has 1 fully saturated rings. The lowest BCUT2D eigenvalue weighted by Gasteiger charge is -2.47. The summed E-state index contributed by atoms with van der Waals surface area (Å²) in [5, 5.41) is 10.5. The van der Waals surface area contributed by atoms with Crippen molar-refractivity contribution in [3.05, 3.63) is 0 Å². The summed E-state index contributed by atoms with van der Waals surface area (Å²) in [7, 11) is 0. The molecular formula is C10H17N3O5. The fraction of sp³-hybridized carbons (Fsp3) is 0.700. The van der Waals surface area contributed by atoms with Crippen LogP contribution in [0.15, 0.2) is 0 Å². The summed E-state index contributed by atoms with van der Waals surface area (Å²) in [5.41, 5.74) is 4.32. The lowest BCUT2D eigenvalue weighted by Crippen LogP contribution is -2.62. The number of hydrogen-bond donors (Lipinski definition) is 3. The number of nitrogens with one attached hydrogen (secondary N) is 1. The van der Waals surface area contributed by atoms with Crippen LogP contribution in [-0.4, -0.2) is 59.8 Å². The fourth-order valence-electron chi connectivity index (χ4n) is 1.84. The Hall–Kier alpha value is -1.67. The minimum atomic E-state index is -1.00. The number of carboxylic acid groups (broad SMARTS) is 1. The van der Waals surface area contributed by atoms with Crippen LogP contribution in [-0.2, 0) is 14.3 Å². The minimum Gasteiger partial charge on any atom is -0.480 e. The van der Waals surface area contributed by atoms with E-state index >= 15 is 0 Å². The van der Waals surface area contributed by atoms with Gasteiger partial charge in [-0.3, -0.25) is 15.0 Å². The number of nitrogens with two attached hydrogens (primary N) is 1. The molecule has 0 saturated carbocycles. The fourth-order valence-corrected chi connectivity index (χ4v) is 1.84. The first-order valence-corrected chi connectivity index (χ1v) is 5.48. The zero-order chi connectivity index (χ0) is 13.8. The highest BCUT2D eigenvalue weighted by atomic mass is 16.5. The van der Waals surface area contributed by atoms with Gasteiger partial charge in [-0.05, 0) is 6.92 Å². The summed E-state index contributed by atoms with van der Waals surface area (Å²) in [6, 6.07) is -0.863. The van der Waals surface area contributed by atoms with Crippen LogP contribution in [0.5, 0.6) is 0 Å². The Morgan fingerprint density at radius 3 is 2.56 bits per heavy atom. The van der Waals surface area contributed by atoms with Gasteiger partial charge in [0.2, 0.25) is 5.91 Å². The van der Waals surface area contributed by atoms with Crippen molar-refractivity contribution in [2.75, 3.05) is 26.2 Å². The molecule has 1 heterocycles. The molecule has 0 bridgehead atoms. The Morgan fingerprint density at radius 1 is 1.44 bits per heavy atom. The van der Waals surface area contributed by atoms with E-state index in [9.17, 15) is 14.4 Å². The predicted molar refractivity (Wildman–Crippen MR) is 60.8 cm³/mol. The molecule has 1 aliphatic rings. The lowest BCUT2D eigenvalue weighted by atomic mass is 9.96. The molecular weight excluding hydrogens is 242 g/mol. The molecule has 4 N–H and O–H groups in total. The third-order valence-electron chi connectivity index (χ3n) is 2.58. The first-order valence-electron chi connectivity index (χ1n) is 5.48. The molecule has 0 unspecified atom stereocenters. The zero-order valence-corrected chi connectivity index (χ0v) is 10.1. The van der Waals surface area contributed by atoms with Crippen LogP contribution in [0.4, 0.5) is 4.79 Å². The van der Waals surface area contributed by atoms with Gasteiger partial charge in [-0.1, -0.05) is 0 Å². The summed E-state index contributed by atoms with van der Waals surface area (Å²) < 4.78 is 5.21. The van der Waals surface area contributed by atoms with Crippen molar-refractivity contribution in [3.63, 3.8) is 0 Å². The Balaban J connectivity index is 2.16. The second-order valence-corrected chi connectivity index (χ2v) is 4.51. The second kappa shape index (κ2) is 5.78. The minimum absolute atomic E-state index is 0.165. The molecule has 8 heteroatoms. The number of rotatable bonds is 6. The van der Waals surface area contributed by atoms with Crippen LogP contribution in [0.2, 0.25) is 0 Å². The number of primary amides is 1. The van der Waals surface area contributed by atoms with E-state index in [0.717, 1.165) is 0 Å². The van der Waals surface area contributed by atoms with E-state index in [2.05, 4.69) is 0 Å². The largest absolute Gasteiger partial charge is 0.480 e. The third-order valence-corrected chi connectivity index (χ3v) is 2.58. The molecule has 0 aromatic carbocycles. The number of carbonyl (C=O) groups is 3. The van der Waals surface area contributed by atoms with Crippen molar-refractivity contribution in [1.29, 1.82) is 0 Å². The maximum atomic E-state index is 11.1. The van der Waals surface area contributed by atoms with Crippen LogP contribution in [0.25, 0.3) is 0 Å². The number of carboxylic acids is 1. The number of carbonyl (C=O) groups excluding carboxylic acids is 2. The number of urea groups is 1. The van der Waals surface area contributed by atoms with Crippen molar-refractivity contribution in [2.45, 2.75) is 18.9 Å². The molecule has 0 atom stereocenters. The van der Waals surface area contributed by atoms with Crippen molar-refractivity contribution in [1.82, 2.24) is 10.2 Å². The van der Waals surface area contributed by atoms with Crippen LogP contribution < -0.4 is 11.1 Å². The van der Waals surface area contributed by atoms with Gasteiger partial charge in [-0.25, -0.2) is 9.59 Å². The number of amides is 3. The Bertz CT molecular complexity index is 351. The summed E-state index contributed by atoms with van der Waals surface area (Å²) >= 11 is 0. The van der Waals surface area contributed by atoms with E-state index in [4.69, 9.17) is 15.6 Å². The normalized spacial score (nSPS) is 17.8. The highest BCUT2D eigenvalue weighted by Gasteiger charge is 2.39. The highest BCUT2D eigenvalue weighted by molar-refractivity contribution is 5.93. The van der Waals surface area contributed by atoms with Gasteiger partial charge in [0.05, 0.1) is 5.60 Å². The van der Waals surface area contributed by atoms with Gasteiger partial charge < -0.3 is 15.6 Å². The van der Waals surface area contributed by atoms with Gasteiger partial charge in [0.1, 0.15) is 6.61 Å². The van der Waals surface area contributed by atoms with Crippen molar-refractivity contribution in [2.24, 2.45) is 5.73 Å². The predicted octanol–water partition coefficient (Wildman–Crippen LogP) is -1.25. The average Bonchev–Trinajstić information content (AvgIpc) is 2.19. The SMILES string of the molecule is CC1(OCC(=O)O)CN(CCC(=O)NC(N)=O)C1. The molecule has 0 aromatic heterocycles. The third kappa shape index (κ3) is 4.68. The molecule has 18 heavy (non-hydrogen) atoms. The van der Waals surface area contributed by atoms with E-state index < -0.39 is 23.5 Å². The number of ether oxygens (including phenoxy) is 1. The van der Waals surface area contributed by atoms with Gasteiger partial charge in [0.15, 0.2) is 0 Å².